The predicted octanol–water partition coefficient (Wildman–Crippen LogP) is 2.21. The molecular formula is C23H20N4O3. The van der Waals surface area contributed by atoms with Gasteiger partial charge in [0.1, 0.15) is 6.04 Å². The number of hydrogen-bond acceptors (Lipinski definition) is 4. The summed E-state index contributed by atoms with van der Waals surface area (Å²) < 4.78 is 0. The lowest BCUT2D eigenvalue weighted by Crippen LogP contribution is -2.51. The molecule has 1 aliphatic rings. The van der Waals surface area contributed by atoms with Gasteiger partial charge < -0.3 is 11.1 Å². The van der Waals surface area contributed by atoms with Crippen molar-refractivity contribution in [3.05, 3.63) is 108 Å². The number of hydrazine groups is 1. The number of hydrogen-bond donors (Lipinski definition) is 3. The molecule has 1 atom stereocenters. The molecule has 0 saturated carbocycles. The minimum absolute atomic E-state index is 0.569. The molecule has 0 unspecified atom stereocenters. The number of urea groups is 1. The van der Waals surface area contributed by atoms with Gasteiger partial charge in [-0.25, -0.2) is 4.79 Å². The molecule has 0 bridgehead atoms. The summed E-state index contributed by atoms with van der Waals surface area (Å²) in [5.74, 6) is -1.28. The summed E-state index contributed by atoms with van der Waals surface area (Å²) in [7, 11) is 0. The molecule has 0 spiro atoms. The molecule has 3 aromatic carbocycles. The number of benzene rings is 3. The lowest BCUT2D eigenvalue weighted by molar-refractivity contribution is -0.139. The highest BCUT2D eigenvalue weighted by atomic mass is 16.2. The fraction of sp³-hybridized carbons (Fsp3) is 0.0870. The van der Waals surface area contributed by atoms with Gasteiger partial charge in [-0.15, -0.1) is 0 Å². The maximum absolute atomic E-state index is 13.5. The van der Waals surface area contributed by atoms with Crippen molar-refractivity contribution >= 4 is 17.8 Å². The van der Waals surface area contributed by atoms with Gasteiger partial charge in [0.25, 0.3) is 11.8 Å². The van der Waals surface area contributed by atoms with E-state index in [-0.39, 0.29) is 0 Å². The summed E-state index contributed by atoms with van der Waals surface area (Å²) in [6.45, 7) is 0. The first-order chi connectivity index (χ1) is 14.5. The number of carbonyl (C=O) groups is 3. The SMILES string of the molecule is N[C@H](C(=O)NN1C(=O)NC(c2ccccc2)(c2ccccc2)C1=O)c1ccccc1. The van der Waals surface area contributed by atoms with Crippen LogP contribution >= 0.6 is 0 Å². The smallest absolute Gasteiger partial charge is 0.316 e. The van der Waals surface area contributed by atoms with Crippen LogP contribution < -0.4 is 16.5 Å². The first kappa shape index (κ1) is 19.4. The van der Waals surface area contributed by atoms with E-state index in [0.717, 1.165) is 0 Å². The number of nitrogens with two attached hydrogens (primary N) is 1. The van der Waals surface area contributed by atoms with Gasteiger partial charge in [-0.3, -0.25) is 15.0 Å². The Morgan fingerprint density at radius 3 is 1.80 bits per heavy atom. The molecule has 1 fully saturated rings. The topological polar surface area (TPSA) is 105 Å². The normalized spacial score (nSPS) is 16.1. The van der Waals surface area contributed by atoms with Crippen LogP contribution in [0, 0.1) is 0 Å². The second-order valence-electron chi connectivity index (χ2n) is 6.92. The van der Waals surface area contributed by atoms with Crippen molar-refractivity contribution in [1.82, 2.24) is 15.8 Å². The minimum atomic E-state index is -1.45. The van der Waals surface area contributed by atoms with Crippen molar-refractivity contribution in [2.24, 2.45) is 5.73 Å². The average molecular weight is 400 g/mol. The van der Waals surface area contributed by atoms with E-state index in [2.05, 4.69) is 10.7 Å². The molecule has 1 saturated heterocycles. The molecule has 1 aliphatic heterocycles. The van der Waals surface area contributed by atoms with Gasteiger partial charge in [0.15, 0.2) is 5.54 Å². The van der Waals surface area contributed by atoms with Crippen molar-refractivity contribution in [2.75, 3.05) is 0 Å². The standard InChI is InChI=1S/C23H20N4O3/c24-19(16-10-4-1-5-11-16)20(28)26-27-21(29)23(25-22(27)30,17-12-6-2-7-13-17)18-14-8-3-9-15-18/h1-15,19H,24H2,(H,25,30)(H,26,28)/t19-/m0/s1. The zero-order chi connectivity index (χ0) is 21.1. The summed E-state index contributed by atoms with van der Waals surface area (Å²) in [5, 5.41) is 3.47. The van der Waals surface area contributed by atoms with Crippen LogP contribution in [0.3, 0.4) is 0 Å². The van der Waals surface area contributed by atoms with Gasteiger partial charge in [0.05, 0.1) is 0 Å². The zero-order valence-corrected chi connectivity index (χ0v) is 16.0. The molecule has 150 valence electrons. The van der Waals surface area contributed by atoms with Crippen molar-refractivity contribution in [1.29, 1.82) is 0 Å². The fourth-order valence-electron chi connectivity index (χ4n) is 3.56. The van der Waals surface area contributed by atoms with E-state index < -0.39 is 29.4 Å². The number of amides is 4. The molecule has 7 nitrogen and oxygen atoms in total. The summed E-state index contributed by atoms with van der Waals surface area (Å²) in [4.78, 5) is 39.0. The van der Waals surface area contributed by atoms with Gasteiger partial charge in [-0.2, -0.15) is 5.01 Å². The molecule has 30 heavy (non-hydrogen) atoms. The zero-order valence-electron chi connectivity index (χ0n) is 16.0. The number of imide groups is 1. The largest absolute Gasteiger partial charge is 0.344 e. The Morgan fingerprint density at radius 1 is 0.833 bits per heavy atom. The molecule has 0 aliphatic carbocycles. The van der Waals surface area contributed by atoms with E-state index in [0.29, 0.717) is 21.7 Å². The monoisotopic (exact) mass is 400 g/mol. The van der Waals surface area contributed by atoms with E-state index >= 15 is 0 Å². The average Bonchev–Trinajstić information content (AvgIpc) is 3.06. The Morgan fingerprint density at radius 2 is 1.30 bits per heavy atom. The third-order valence-electron chi connectivity index (χ3n) is 5.10. The molecule has 1 heterocycles. The Hall–Kier alpha value is -3.97. The highest BCUT2D eigenvalue weighted by Gasteiger charge is 2.54. The van der Waals surface area contributed by atoms with Crippen LogP contribution in [0.15, 0.2) is 91.0 Å². The molecule has 4 rings (SSSR count). The predicted molar refractivity (Wildman–Crippen MR) is 111 cm³/mol. The molecule has 7 heteroatoms. The first-order valence-corrected chi connectivity index (χ1v) is 9.43. The van der Waals surface area contributed by atoms with Gasteiger partial charge in [-0.1, -0.05) is 91.0 Å². The minimum Gasteiger partial charge on any atom is -0.316 e. The molecule has 3 aromatic rings. The van der Waals surface area contributed by atoms with Gasteiger partial charge in [0.2, 0.25) is 0 Å². The van der Waals surface area contributed by atoms with Gasteiger partial charge >= 0.3 is 6.03 Å². The van der Waals surface area contributed by atoms with Crippen molar-refractivity contribution in [3.63, 3.8) is 0 Å². The van der Waals surface area contributed by atoms with E-state index in [1.165, 1.54) is 0 Å². The number of nitrogens with one attached hydrogen (secondary N) is 2. The van der Waals surface area contributed by atoms with E-state index in [1.54, 1.807) is 78.9 Å². The van der Waals surface area contributed by atoms with Crippen molar-refractivity contribution in [2.45, 2.75) is 11.6 Å². The van der Waals surface area contributed by atoms with Gasteiger partial charge in [0, 0.05) is 0 Å². The second kappa shape index (κ2) is 7.81. The van der Waals surface area contributed by atoms with E-state index in [4.69, 9.17) is 5.73 Å². The lowest BCUT2D eigenvalue weighted by atomic mass is 9.83. The Bertz CT molecular complexity index is 1030. The molecule has 4 amide bonds. The van der Waals surface area contributed by atoms with E-state index in [9.17, 15) is 14.4 Å². The fourth-order valence-corrected chi connectivity index (χ4v) is 3.56. The third kappa shape index (κ3) is 3.21. The van der Waals surface area contributed by atoms with Crippen LogP contribution in [0.25, 0.3) is 0 Å². The van der Waals surface area contributed by atoms with E-state index in [1.807, 2.05) is 12.1 Å². The maximum atomic E-state index is 13.5. The maximum Gasteiger partial charge on any atom is 0.344 e. The summed E-state index contributed by atoms with van der Waals surface area (Å²) >= 11 is 0. The van der Waals surface area contributed by atoms with Crippen LogP contribution in [-0.2, 0) is 15.1 Å². The molecule has 0 radical (unpaired) electrons. The van der Waals surface area contributed by atoms with Crippen molar-refractivity contribution in [3.8, 4) is 0 Å². The van der Waals surface area contributed by atoms with Crippen molar-refractivity contribution < 1.29 is 14.4 Å². The summed E-state index contributed by atoms with van der Waals surface area (Å²) in [6.07, 6.45) is 0. The van der Waals surface area contributed by atoms with Crippen LogP contribution in [0.2, 0.25) is 0 Å². The highest BCUT2D eigenvalue weighted by molar-refractivity contribution is 6.10. The van der Waals surface area contributed by atoms with Crippen LogP contribution in [0.5, 0.6) is 0 Å². The Labute approximate surface area is 173 Å². The van der Waals surface area contributed by atoms with Crippen LogP contribution in [-0.4, -0.2) is 22.9 Å². The van der Waals surface area contributed by atoms with Gasteiger partial charge in [-0.05, 0) is 16.7 Å². The quantitative estimate of drug-likeness (QED) is 0.571. The number of rotatable bonds is 5. The lowest BCUT2D eigenvalue weighted by Gasteiger charge is -2.28. The summed E-state index contributed by atoms with van der Waals surface area (Å²) in [6, 6.07) is 24.8. The Balaban J connectivity index is 1.68. The highest BCUT2D eigenvalue weighted by Crippen LogP contribution is 2.35. The summed E-state index contributed by atoms with van der Waals surface area (Å²) in [5.41, 5.74) is 8.67. The van der Waals surface area contributed by atoms with Crippen LogP contribution in [0.4, 0.5) is 4.79 Å². The molecular weight excluding hydrogens is 380 g/mol. The molecule has 4 N–H and O–H groups in total. The Kier molecular flexibility index (Phi) is 5.04. The van der Waals surface area contributed by atoms with Crippen LogP contribution in [0.1, 0.15) is 22.7 Å². The number of nitrogens with zero attached hydrogens (tertiary/aromatic N) is 1. The first-order valence-electron chi connectivity index (χ1n) is 9.43. The second-order valence-corrected chi connectivity index (χ2v) is 6.92. The third-order valence-corrected chi connectivity index (χ3v) is 5.10. The number of carbonyl (C=O) groups excluding carboxylic acids is 3. The molecule has 0 aromatic heterocycles.